The SMILES string of the molecule is [O-][NH+]1CC=C(Cl)C2=C1CCC2. The van der Waals surface area contributed by atoms with Gasteiger partial charge in [0, 0.05) is 12.0 Å². The fourth-order valence-electron chi connectivity index (χ4n) is 1.74. The summed E-state index contributed by atoms with van der Waals surface area (Å²) in [5, 5.41) is 12.4. The molecule has 60 valence electrons. The molecule has 0 bridgehead atoms. The Morgan fingerprint density at radius 2 is 2.27 bits per heavy atom. The lowest BCUT2D eigenvalue weighted by Crippen LogP contribution is -3.05. The van der Waals surface area contributed by atoms with Gasteiger partial charge in [-0.1, -0.05) is 11.6 Å². The van der Waals surface area contributed by atoms with E-state index in [1.807, 2.05) is 6.08 Å². The number of quaternary nitrogens is 1. The van der Waals surface area contributed by atoms with Gasteiger partial charge in [0.05, 0.1) is 5.03 Å². The van der Waals surface area contributed by atoms with Gasteiger partial charge in [0.1, 0.15) is 12.2 Å². The molecular formula is C8H10ClNO. The van der Waals surface area contributed by atoms with Gasteiger partial charge in [-0.2, -0.15) is 0 Å². The summed E-state index contributed by atoms with van der Waals surface area (Å²) >= 11 is 5.93. The highest BCUT2D eigenvalue weighted by Gasteiger charge is 2.25. The van der Waals surface area contributed by atoms with Crippen molar-refractivity contribution in [2.45, 2.75) is 19.3 Å². The summed E-state index contributed by atoms with van der Waals surface area (Å²) < 4.78 is 0. The molecule has 1 heterocycles. The van der Waals surface area contributed by atoms with E-state index in [9.17, 15) is 5.21 Å². The van der Waals surface area contributed by atoms with Gasteiger partial charge in [0.15, 0.2) is 0 Å². The minimum Gasteiger partial charge on any atom is -0.629 e. The number of hydrogen-bond acceptors (Lipinski definition) is 1. The van der Waals surface area contributed by atoms with Crippen LogP contribution in [0.2, 0.25) is 0 Å². The van der Waals surface area contributed by atoms with Crippen LogP contribution in [0.3, 0.4) is 0 Å². The summed E-state index contributed by atoms with van der Waals surface area (Å²) in [6, 6.07) is 0. The molecule has 1 aliphatic carbocycles. The maximum Gasteiger partial charge on any atom is 0.112 e. The Kier molecular flexibility index (Phi) is 1.75. The minimum atomic E-state index is 0.280. The molecule has 0 spiro atoms. The van der Waals surface area contributed by atoms with Crippen molar-refractivity contribution in [2.75, 3.05) is 6.54 Å². The fraction of sp³-hybridized carbons (Fsp3) is 0.500. The lowest BCUT2D eigenvalue weighted by atomic mass is 10.1. The molecule has 1 unspecified atom stereocenters. The zero-order valence-corrected chi connectivity index (χ0v) is 6.95. The summed E-state index contributed by atoms with van der Waals surface area (Å²) in [7, 11) is 0. The number of nitrogens with one attached hydrogen (secondary N) is 1. The second kappa shape index (κ2) is 2.63. The van der Waals surface area contributed by atoms with Crippen molar-refractivity contribution in [3.63, 3.8) is 0 Å². The molecule has 2 nitrogen and oxygen atoms in total. The van der Waals surface area contributed by atoms with E-state index >= 15 is 0 Å². The Morgan fingerprint density at radius 1 is 1.45 bits per heavy atom. The van der Waals surface area contributed by atoms with Crippen LogP contribution >= 0.6 is 11.6 Å². The standard InChI is InChI=1S/C8H10ClNO/c9-7-4-5-10(11)8-3-1-2-6(7)8/h4,10H,1-3,5H2. The van der Waals surface area contributed by atoms with E-state index in [2.05, 4.69) is 0 Å². The third-order valence-corrected chi connectivity index (χ3v) is 2.69. The molecular weight excluding hydrogens is 162 g/mol. The van der Waals surface area contributed by atoms with Crippen LogP contribution in [0.25, 0.3) is 0 Å². The molecule has 1 atom stereocenters. The van der Waals surface area contributed by atoms with Gasteiger partial charge in [-0.05, 0) is 18.9 Å². The van der Waals surface area contributed by atoms with Crippen LogP contribution < -0.4 is 5.06 Å². The van der Waals surface area contributed by atoms with E-state index in [0.717, 1.165) is 35.6 Å². The highest BCUT2D eigenvalue weighted by Crippen LogP contribution is 2.31. The topological polar surface area (TPSA) is 27.5 Å². The van der Waals surface area contributed by atoms with Gasteiger partial charge in [-0.15, -0.1) is 0 Å². The first-order valence-corrected chi connectivity index (χ1v) is 4.28. The Bertz CT molecular complexity index is 244. The van der Waals surface area contributed by atoms with Crippen molar-refractivity contribution >= 4 is 11.6 Å². The summed E-state index contributed by atoms with van der Waals surface area (Å²) in [6.07, 6.45) is 4.86. The van der Waals surface area contributed by atoms with Gasteiger partial charge in [0.2, 0.25) is 0 Å². The van der Waals surface area contributed by atoms with Crippen molar-refractivity contribution < 1.29 is 5.06 Å². The zero-order chi connectivity index (χ0) is 7.84. The molecule has 1 N–H and O–H groups in total. The van der Waals surface area contributed by atoms with Gasteiger partial charge < -0.3 is 10.3 Å². The van der Waals surface area contributed by atoms with E-state index in [-0.39, 0.29) is 5.06 Å². The Hall–Kier alpha value is -0.310. The van der Waals surface area contributed by atoms with E-state index in [1.165, 1.54) is 0 Å². The Labute approximate surface area is 70.7 Å². The van der Waals surface area contributed by atoms with Crippen LogP contribution in [0.5, 0.6) is 0 Å². The van der Waals surface area contributed by atoms with E-state index in [1.54, 1.807) is 0 Å². The number of allylic oxidation sites excluding steroid dienone is 3. The maximum atomic E-state index is 11.3. The molecule has 0 fully saturated rings. The zero-order valence-electron chi connectivity index (χ0n) is 6.19. The first kappa shape index (κ1) is 7.35. The maximum absolute atomic E-state index is 11.3. The predicted molar refractivity (Wildman–Crippen MR) is 44.0 cm³/mol. The van der Waals surface area contributed by atoms with E-state index in [4.69, 9.17) is 11.6 Å². The normalized spacial score (nSPS) is 30.4. The lowest BCUT2D eigenvalue weighted by molar-refractivity contribution is -0.801. The molecule has 11 heavy (non-hydrogen) atoms. The Morgan fingerprint density at radius 3 is 3.00 bits per heavy atom. The molecule has 2 rings (SSSR count). The van der Waals surface area contributed by atoms with Gasteiger partial charge >= 0.3 is 0 Å². The third kappa shape index (κ3) is 1.11. The third-order valence-electron chi connectivity index (χ3n) is 2.31. The largest absolute Gasteiger partial charge is 0.629 e. The van der Waals surface area contributed by atoms with Crippen LogP contribution in [0.1, 0.15) is 19.3 Å². The van der Waals surface area contributed by atoms with Crippen molar-refractivity contribution in [3.05, 3.63) is 27.6 Å². The molecule has 2 aliphatic rings. The lowest BCUT2D eigenvalue weighted by Gasteiger charge is -2.25. The summed E-state index contributed by atoms with van der Waals surface area (Å²) in [5.41, 5.74) is 2.11. The molecule has 0 amide bonds. The molecule has 1 aliphatic heterocycles. The Balaban J connectivity index is 2.36. The summed E-state index contributed by atoms with van der Waals surface area (Å²) in [5.74, 6) is 0. The fourth-order valence-corrected chi connectivity index (χ4v) is 2.03. The molecule has 0 aromatic heterocycles. The molecule has 0 aromatic carbocycles. The average molecular weight is 172 g/mol. The monoisotopic (exact) mass is 171 g/mol. The van der Waals surface area contributed by atoms with Crippen LogP contribution in [-0.2, 0) is 0 Å². The van der Waals surface area contributed by atoms with Crippen LogP contribution in [0, 0.1) is 5.21 Å². The van der Waals surface area contributed by atoms with Crippen molar-refractivity contribution in [1.29, 1.82) is 0 Å². The number of hydroxylamine groups is 2. The second-order valence-corrected chi connectivity index (χ2v) is 3.40. The molecule has 0 saturated heterocycles. The molecule has 0 radical (unpaired) electrons. The van der Waals surface area contributed by atoms with Gasteiger partial charge in [-0.3, -0.25) is 0 Å². The highest BCUT2D eigenvalue weighted by atomic mass is 35.5. The predicted octanol–water partition coefficient (Wildman–Crippen LogP) is 0.943. The first-order chi connectivity index (χ1) is 5.29. The van der Waals surface area contributed by atoms with Gasteiger partial charge in [-0.25, -0.2) is 0 Å². The van der Waals surface area contributed by atoms with E-state index in [0.29, 0.717) is 6.54 Å². The van der Waals surface area contributed by atoms with Crippen LogP contribution in [0.15, 0.2) is 22.4 Å². The smallest absolute Gasteiger partial charge is 0.112 e. The minimum absolute atomic E-state index is 0.280. The van der Waals surface area contributed by atoms with Crippen molar-refractivity contribution in [1.82, 2.24) is 0 Å². The molecule has 0 saturated carbocycles. The van der Waals surface area contributed by atoms with Crippen LogP contribution in [-0.4, -0.2) is 6.54 Å². The number of halogens is 1. The number of rotatable bonds is 0. The first-order valence-electron chi connectivity index (χ1n) is 3.90. The average Bonchev–Trinajstić information content (AvgIpc) is 2.45. The summed E-state index contributed by atoms with van der Waals surface area (Å²) in [4.78, 5) is 0. The molecule has 0 aromatic rings. The summed E-state index contributed by atoms with van der Waals surface area (Å²) in [6.45, 7) is 0.512. The highest BCUT2D eigenvalue weighted by molar-refractivity contribution is 6.32. The van der Waals surface area contributed by atoms with E-state index < -0.39 is 0 Å². The van der Waals surface area contributed by atoms with Crippen LogP contribution in [0.4, 0.5) is 0 Å². The molecule has 3 heteroatoms. The quantitative estimate of drug-likeness (QED) is 0.540. The van der Waals surface area contributed by atoms with Gasteiger partial charge in [0.25, 0.3) is 0 Å². The second-order valence-electron chi connectivity index (χ2n) is 2.99. The van der Waals surface area contributed by atoms with Crippen molar-refractivity contribution in [2.24, 2.45) is 0 Å². The number of hydrogen-bond donors (Lipinski definition) is 1. The van der Waals surface area contributed by atoms with Crippen molar-refractivity contribution in [3.8, 4) is 0 Å².